The van der Waals surface area contributed by atoms with Crippen LogP contribution in [-0.2, 0) is 5.41 Å². The Labute approximate surface area is 207 Å². The number of hydrogen-bond donors (Lipinski definition) is 2. The average molecular weight is 487 g/mol. The van der Waals surface area contributed by atoms with E-state index in [-0.39, 0.29) is 38.4 Å². The third-order valence-corrected chi connectivity index (χ3v) is 7.03. The van der Waals surface area contributed by atoms with E-state index in [2.05, 4.69) is 0 Å². The van der Waals surface area contributed by atoms with Crippen LogP contribution in [0, 0.1) is 6.92 Å². The lowest BCUT2D eigenvalue weighted by atomic mass is 9.84. The van der Waals surface area contributed by atoms with Gasteiger partial charge in [-0.2, -0.15) is 0 Å². The minimum Gasteiger partial charge on any atom is -0.394 e. The van der Waals surface area contributed by atoms with Crippen LogP contribution in [0.5, 0.6) is 0 Å². The first-order valence-electron chi connectivity index (χ1n) is 11.7. The van der Waals surface area contributed by atoms with Gasteiger partial charge in [0.15, 0.2) is 0 Å². The van der Waals surface area contributed by atoms with Crippen LogP contribution in [0.3, 0.4) is 0 Å². The Balaban J connectivity index is 1.72. The van der Waals surface area contributed by atoms with Crippen molar-refractivity contribution in [3.63, 3.8) is 0 Å². The highest BCUT2D eigenvalue weighted by Gasteiger charge is 2.42. The molecule has 4 amide bonds. The Hall–Kier alpha value is -3.88. The fourth-order valence-electron chi connectivity index (χ4n) is 4.98. The van der Waals surface area contributed by atoms with Gasteiger partial charge >= 0.3 is 0 Å². The third-order valence-electron chi connectivity index (χ3n) is 7.03. The topological polar surface area (TPSA) is 115 Å². The van der Waals surface area contributed by atoms with E-state index < -0.39 is 42.9 Å². The van der Waals surface area contributed by atoms with E-state index in [4.69, 9.17) is 0 Å². The lowest BCUT2D eigenvalue weighted by Gasteiger charge is -2.34. The number of aliphatic hydroxyl groups is 2. The molecule has 0 aromatic heterocycles. The Bertz CT molecular complexity index is 1430. The van der Waals surface area contributed by atoms with Gasteiger partial charge in [-0.15, -0.1) is 0 Å². The summed E-state index contributed by atoms with van der Waals surface area (Å²) in [6.07, 6.45) is 0. The van der Waals surface area contributed by atoms with Gasteiger partial charge in [0, 0.05) is 33.0 Å². The predicted molar refractivity (Wildman–Crippen MR) is 133 cm³/mol. The van der Waals surface area contributed by atoms with Gasteiger partial charge in [0.25, 0.3) is 23.6 Å². The molecule has 0 saturated carbocycles. The summed E-state index contributed by atoms with van der Waals surface area (Å²) >= 11 is 0. The van der Waals surface area contributed by atoms with Crippen molar-refractivity contribution in [2.45, 2.75) is 39.2 Å². The van der Waals surface area contributed by atoms with E-state index in [1.165, 1.54) is 24.3 Å². The number of anilines is 1. The molecule has 3 aromatic carbocycles. The van der Waals surface area contributed by atoms with Crippen LogP contribution >= 0.6 is 0 Å². The summed E-state index contributed by atoms with van der Waals surface area (Å²) in [6, 6.07) is 10.5. The number of aliphatic hydroxyl groups excluding tert-OH is 2. The largest absolute Gasteiger partial charge is 0.394 e. The second-order valence-electron chi connectivity index (χ2n) is 10.3. The minimum absolute atomic E-state index is 0.136. The number of aryl methyl sites for hydroxylation is 1. The zero-order chi connectivity index (χ0) is 26.1. The molecule has 0 bridgehead atoms. The number of carbonyl (C=O) groups is 4. The van der Waals surface area contributed by atoms with Gasteiger partial charge in [0.1, 0.15) is 0 Å². The van der Waals surface area contributed by atoms with Crippen molar-refractivity contribution >= 4 is 40.1 Å². The molecule has 2 aliphatic rings. The summed E-state index contributed by atoms with van der Waals surface area (Å²) < 4.78 is 0. The van der Waals surface area contributed by atoms with Gasteiger partial charge in [0.05, 0.1) is 24.9 Å². The maximum absolute atomic E-state index is 13.7. The summed E-state index contributed by atoms with van der Waals surface area (Å²) in [5.41, 5.74) is 2.74. The molecule has 0 spiro atoms. The molecule has 0 fully saturated rings. The summed E-state index contributed by atoms with van der Waals surface area (Å²) in [6.45, 7) is 6.79. The number of hydrogen-bond acceptors (Lipinski definition) is 6. The number of amides is 4. The predicted octanol–water partition coefficient (Wildman–Crippen LogP) is 3.20. The van der Waals surface area contributed by atoms with Gasteiger partial charge in [-0.25, -0.2) is 4.90 Å². The molecule has 36 heavy (non-hydrogen) atoms. The van der Waals surface area contributed by atoms with Crippen LogP contribution in [0.4, 0.5) is 5.69 Å². The van der Waals surface area contributed by atoms with E-state index in [9.17, 15) is 29.4 Å². The molecule has 2 aliphatic heterocycles. The smallest absolute Gasteiger partial charge is 0.265 e. The molecule has 0 radical (unpaired) electrons. The zero-order valence-corrected chi connectivity index (χ0v) is 20.5. The van der Waals surface area contributed by atoms with Crippen molar-refractivity contribution in [3.05, 3.63) is 75.8 Å². The monoisotopic (exact) mass is 486 g/mol. The van der Waals surface area contributed by atoms with E-state index in [1.807, 2.05) is 45.9 Å². The highest BCUT2D eigenvalue weighted by molar-refractivity contribution is 6.39. The summed E-state index contributed by atoms with van der Waals surface area (Å²) in [4.78, 5) is 55.9. The maximum Gasteiger partial charge on any atom is 0.265 e. The van der Waals surface area contributed by atoms with E-state index in [0.29, 0.717) is 5.69 Å². The molecule has 0 aliphatic carbocycles. The SMILES string of the molecule is Cc1ccc(C(C)(C)C)cc1N1C(=O)c2ccc3c4c(ccc(c24)C1=O)C(=O)N(C(CO)CO)C3=O. The molecule has 2 heterocycles. The average Bonchev–Trinajstić information content (AvgIpc) is 2.84. The van der Waals surface area contributed by atoms with Gasteiger partial charge in [-0.3, -0.25) is 24.1 Å². The van der Waals surface area contributed by atoms with Gasteiger partial charge < -0.3 is 10.2 Å². The second-order valence-corrected chi connectivity index (χ2v) is 10.3. The number of benzene rings is 3. The standard InChI is InChI=1S/C28H26N2O6/c1-14-5-6-15(28(2,3)4)11-21(14)30-26(35)19-9-7-17-22-18(8-10-20(23(19)22)27(30)36)25(34)29(24(17)33)16(12-31)13-32/h5-11,16,31-32H,12-13H2,1-4H3. The van der Waals surface area contributed by atoms with E-state index in [1.54, 1.807) is 0 Å². The summed E-state index contributed by atoms with van der Waals surface area (Å²) in [5.74, 6) is -2.45. The molecule has 0 unspecified atom stereocenters. The van der Waals surface area contributed by atoms with Crippen molar-refractivity contribution in [2.75, 3.05) is 18.1 Å². The lowest BCUT2D eigenvalue weighted by Crippen LogP contribution is -2.50. The van der Waals surface area contributed by atoms with Crippen molar-refractivity contribution in [1.82, 2.24) is 4.90 Å². The maximum atomic E-state index is 13.7. The molecular formula is C28H26N2O6. The van der Waals surface area contributed by atoms with Crippen molar-refractivity contribution in [1.29, 1.82) is 0 Å². The molecule has 8 nitrogen and oxygen atoms in total. The van der Waals surface area contributed by atoms with Crippen LogP contribution in [-0.4, -0.2) is 58.0 Å². The molecule has 184 valence electrons. The first kappa shape index (κ1) is 23.8. The molecule has 5 rings (SSSR count). The Morgan fingerprint density at radius 3 is 1.58 bits per heavy atom. The van der Waals surface area contributed by atoms with Gasteiger partial charge in [-0.1, -0.05) is 32.9 Å². The first-order valence-corrected chi connectivity index (χ1v) is 11.7. The number of carbonyl (C=O) groups excluding carboxylic acids is 4. The van der Waals surface area contributed by atoms with Crippen molar-refractivity contribution in [3.8, 4) is 0 Å². The van der Waals surface area contributed by atoms with Crippen molar-refractivity contribution in [2.24, 2.45) is 0 Å². The zero-order valence-electron chi connectivity index (χ0n) is 20.5. The van der Waals surface area contributed by atoms with Crippen LogP contribution in [0.1, 0.15) is 73.3 Å². The third kappa shape index (κ3) is 3.22. The van der Waals surface area contributed by atoms with Crippen LogP contribution in [0.2, 0.25) is 0 Å². The number of imide groups is 2. The fraction of sp³-hybridized carbons (Fsp3) is 0.286. The highest BCUT2D eigenvalue weighted by atomic mass is 16.3. The molecular weight excluding hydrogens is 460 g/mol. The van der Waals surface area contributed by atoms with Crippen molar-refractivity contribution < 1.29 is 29.4 Å². The van der Waals surface area contributed by atoms with E-state index >= 15 is 0 Å². The fourth-order valence-corrected chi connectivity index (χ4v) is 4.98. The Kier molecular flexibility index (Phi) is 5.35. The van der Waals surface area contributed by atoms with Gasteiger partial charge in [0.2, 0.25) is 0 Å². The summed E-state index contributed by atoms with van der Waals surface area (Å²) in [5, 5.41) is 19.7. The second kappa shape index (κ2) is 8.08. The highest BCUT2D eigenvalue weighted by Crippen LogP contribution is 2.40. The normalized spacial score (nSPS) is 15.5. The quantitative estimate of drug-likeness (QED) is 0.548. The molecule has 8 heteroatoms. The summed E-state index contributed by atoms with van der Waals surface area (Å²) in [7, 11) is 0. The lowest BCUT2D eigenvalue weighted by molar-refractivity contribution is 0.0374. The van der Waals surface area contributed by atoms with Crippen LogP contribution in [0.15, 0.2) is 42.5 Å². The Morgan fingerprint density at radius 2 is 1.17 bits per heavy atom. The molecule has 3 aromatic rings. The first-order chi connectivity index (χ1) is 17.0. The number of rotatable bonds is 4. The van der Waals surface area contributed by atoms with Crippen LogP contribution < -0.4 is 4.90 Å². The number of nitrogens with zero attached hydrogens (tertiary/aromatic N) is 2. The minimum atomic E-state index is -1.10. The molecule has 0 saturated heterocycles. The van der Waals surface area contributed by atoms with E-state index in [0.717, 1.165) is 20.9 Å². The molecule has 0 atom stereocenters. The van der Waals surface area contributed by atoms with Gasteiger partial charge in [-0.05, 0) is 53.8 Å². The van der Waals surface area contributed by atoms with Crippen LogP contribution in [0.25, 0.3) is 10.8 Å². The Morgan fingerprint density at radius 1 is 0.722 bits per heavy atom. The molecule has 2 N–H and O–H groups in total.